The summed E-state index contributed by atoms with van der Waals surface area (Å²) in [6.45, 7) is 2.69. The van der Waals surface area contributed by atoms with Crippen LogP contribution in [0.25, 0.3) is 0 Å². The Balaban J connectivity index is 1.75. The first-order valence-electron chi connectivity index (χ1n) is 5.83. The van der Waals surface area contributed by atoms with Crippen molar-refractivity contribution in [2.45, 2.75) is 32.1 Å². The lowest BCUT2D eigenvalue weighted by Gasteiger charge is -2.09. The Morgan fingerprint density at radius 3 is 2.71 bits per heavy atom. The van der Waals surface area contributed by atoms with Crippen LogP contribution in [0.5, 0.6) is 0 Å². The average Bonchev–Trinajstić information content (AvgIpc) is 2.69. The minimum absolute atomic E-state index is 0.336. The third-order valence-electron chi connectivity index (χ3n) is 2.78. The normalized spacial score (nSPS) is 17.8. The first-order valence-corrected chi connectivity index (χ1v) is 6.98. The van der Waals surface area contributed by atoms with Gasteiger partial charge in [-0.25, -0.2) is 0 Å². The van der Waals surface area contributed by atoms with Crippen molar-refractivity contribution < 1.29 is 5.11 Å². The van der Waals surface area contributed by atoms with Gasteiger partial charge in [0.05, 0.1) is 0 Å². The highest BCUT2D eigenvalue weighted by Gasteiger charge is 2.13. The van der Waals surface area contributed by atoms with E-state index in [-0.39, 0.29) is 0 Å². The van der Waals surface area contributed by atoms with Gasteiger partial charge in [-0.2, -0.15) is 11.8 Å². The van der Waals surface area contributed by atoms with Gasteiger partial charge in [-0.15, -0.1) is 0 Å². The molecule has 1 aliphatic rings. The molecule has 0 saturated heterocycles. The molecule has 0 aromatic heterocycles. The number of nitrogens with one attached hydrogen (secondary N) is 1. The molecular weight excluding hydrogens is 194 g/mol. The fraction of sp³-hybridized carbons (Fsp3) is 1.00. The molecule has 0 bridgehead atoms. The summed E-state index contributed by atoms with van der Waals surface area (Å²) in [5.74, 6) is 3.24. The van der Waals surface area contributed by atoms with Crippen molar-refractivity contribution in [2.75, 3.05) is 31.2 Å². The van der Waals surface area contributed by atoms with Gasteiger partial charge in [0, 0.05) is 18.9 Å². The predicted molar refractivity (Wildman–Crippen MR) is 63.9 cm³/mol. The van der Waals surface area contributed by atoms with E-state index in [0.29, 0.717) is 6.61 Å². The second-order valence-electron chi connectivity index (χ2n) is 4.04. The van der Waals surface area contributed by atoms with Crippen molar-refractivity contribution >= 4 is 11.8 Å². The van der Waals surface area contributed by atoms with Crippen LogP contribution in [0.2, 0.25) is 0 Å². The van der Waals surface area contributed by atoms with Crippen LogP contribution in [-0.2, 0) is 0 Å². The van der Waals surface area contributed by atoms with Gasteiger partial charge >= 0.3 is 0 Å². The number of thioether (sulfide) groups is 1. The van der Waals surface area contributed by atoms with Crippen LogP contribution in [0, 0.1) is 5.92 Å². The Hall–Kier alpha value is 0.270. The van der Waals surface area contributed by atoms with Crippen LogP contribution < -0.4 is 5.32 Å². The van der Waals surface area contributed by atoms with E-state index in [1.165, 1.54) is 38.0 Å². The maximum Gasteiger partial charge on any atom is 0.0438 e. The van der Waals surface area contributed by atoms with E-state index in [4.69, 9.17) is 5.11 Å². The van der Waals surface area contributed by atoms with Gasteiger partial charge in [0.25, 0.3) is 0 Å². The zero-order valence-corrected chi connectivity index (χ0v) is 9.82. The zero-order chi connectivity index (χ0) is 10.1. The average molecular weight is 217 g/mol. The molecule has 1 rings (SSSR count). The van der Waals surface area contributed by atoms with Crippen molar-refractivity contribution in [3.05, 3.63) is 0 Å². The van der Waals surface area contributed by atoms with E-state index < -0.39 is 0 Å². The fourth-order valence-corrected chi connectivity index (χ4v) is 2.76. The Bertz CT molecular complexity index is 126. The summed E-state index contributed by atoms with van der Waals surface area (Å²) >= 11 is 1.94. The van der Waals surface area contributed by atoms with E-state index in [2.05, 4.69) is 5.32 Å². The highest BCUT2D eigenvalue weighted by Crippen LogP contribution is 2.23. The largest absolute Gasteiger partial charge is 0.396 e. The first kappa shape index (κ1) is 12.3. The standard InChI is InChI=1S/C11H23NOS/c13-7-3-8-14-9-6-12-10-11-4-1-2-5-11/h11-13H,1-10H2. The van der Waals surface area contributed by atoms with Crippen LogP contribution in [0.1, 0.15) is 32.1 Å². The number of rotatable bonds is 8. The van der Waals surface area contributed by atoms with Crippen molar-refractivity contribution in [2.24, 2.45) is 5.92 Å². The minimum atomic E-state index is 0.336. The van der Waals surface area contributed by atoms with Crippen LogP contribution >= 0.6 is 11.8 Å². The molecule has 0 aromatic rings. The summed E-state index contributed by atoms with van der Waals surface area (Å²) in [7, 11) is 0. The fourth-order valence-electron chi connectivity index (χ4n) is 1.93. The maximum absolute atomic E-state index is 8.58. The molecule has 0 radical (unpaired) electrons. The lowest BCUT2D eigenvalue weighted by molar-refractivity contribution is 0.296. The van der Waals surface area contributed by atoms with Gasteiger partial charge < -0.3 is 10.4 Å². The molecule has 0 aliphatic heterocycles. The number of hydrogen-bond acceptors (Lipinski definition) is 3. The topological polar surface area (TPSA) is 32.3 Å². The van der Waals surface area contributed by atoms with Crippen molar-refractivity contribution in [1.82, 2.24) is 5.32 Å². The molecule has 84 valence electrons. The Morgan fingerprint density at radius 1 is 1.21 bits per heavy atom. The number of aliphatic hydroxyl groups is 1. The van der Waals surface area contributed by atoms with Crippen molar-refractivity contribution in [3.63, 3.8) is 0 Å². The first-order chi connectivity index (χ1) is 6.93. The third kappa shape index (κ3) is 5.89. The molecule has 0 unspecified atom stereocenters. The second kappa shape index (κ2) is 8.57. The predicted octanol–water partition coefficient (Wildman–Crippen LogP) is 1.88. The van der Waals surface area contributed by atoms with E-state index >= 15 is 0 Å². The van der Waals surface area contributed by atoms with Crippen LogP contribution in [0.4, 0.5) is 0 Å². The summed E-state index contributed by atoms with van der Waals surface area (Å²) in [6.07, 6.45) is 6.69. The molecule has 2 nitrogen and oxygen atoms in total. The van der Waals surface area contributed by atoms with Gasteiger partial charge in [0.15, 0.2) is 0 Å². The van der Waals surface area contributed by atoms with E-state index in [1.807, 2.05) is 11.8 Å². The molecule has 3 heteroatoms. The molecule has 2 N–H and O–H groups in total. The molecule has 0 heterocycles. The lowest BCUT2D eigenvalue weighted by Crippen LogP contribution is -2.23. The maximum atomic E-state index is 8.58. The summed E-state index contributed by atoms with van der Waals surface area (Å²) in [5.41, 5.74) is 0. The van der Waals surface area contributed by atoms with E-state index in [0.717, 1.165) is 24.6 Å². The Kier molecular flexibility index (Phi) is 7.55. The smallest absolute Gasteiger partial charge is 0.0438 e. The molecule has 1 fully saturated rings. The van der Waals surface area contributed by atoms with Crippen LogP contribution in [0.15, 0.2) is 0 Å². The summed E-state index contributed by atoms with van der Waals surface area (Å²) in [5, 5.41) is 12.1. The van der Waals surface area contributed by atoms with Gasteiger partial charge in [0.2, 0.25) is 0 Å². The van der Waals surface area contributed by atoms with E-state index in [9.17, 15) is 0 Å². The lowest BCUT2D eigenvalue weighted by atomic mass is 10.1. The minimum Gasteiger partial charge on any atom is -0.396 e. The summed E-state index contributed by atoms with van der Waals surface area (Å²) in [4.78, 5) is 0. The van der Waals surface area contributed by atoms with Crippen molar-refractivity contribution in [3.8, 4) is 0 Å². The SMILES string of the molecule is OCCCSCCNCC1CCCC1. The number of aliphatic hydroxyl groups excluding tert-OH is 1. The monoisotopic (exact) mass is 217 g/mol. The molecule has 0 amide bonds. The molecule has 0 spiro atoms. The highest BCUT2D eigenvalue weighted by atomic mass is 32.2. The number of hydrogen-bond donors (Lipinski definition) is 2. The third-order valence-corrected chi connectivity index (χ3v) is 3.85. The Labute approximate surface area is 91.9 Å². The second-order valence-corrected chi connectivity index (χ2v) is 5.27. The summed E-state index contributed by atoms with van der Waals surface area (Å²) in [6, 6.07) is 0. The quantitative estimate of drug-likeness (QED) is 0.609. The van der Waals surface area contributed by atoms with Gasteiger partial charge in [-0.1, -0.05) is 12.8 Å². The van der Waals surface area contributed by atoms with Crippen molar-refractivity contribution in [1.29, 1.82) is 0 Å². The molecule has 0 atom stereocenters. The van der Waals surface area contributed by atoms with Crippen LogP contribution in [-0.4, -0.2) is 36.3 Å². The summed E-state index contributed by atoms with van der Waals surface area (Å²) < 4.78 is 0. The van der Waals surface area contributed by atoms with E-state index in [1.54, 1.807) is 0 Å². The molecule has 0 aromatic carbocycles. The molecule has 1 aliphatic carbocycles. The van der Waals surface area contributed by atoms with Gasteiger partial charge in [0.1, 0.15) is 0 Å². The Morgan fingerprint density at radius 2 is 2.00 bits per heavy atom. The molecule has 1 saturated carbocycles. The highest BCUT2D eigenvalue weighted by molar-refractivity contribution is 7.99. The van der Waals surface area contributed by atoms with Crippen LogP contribution in [0.3, 0.4) is 0 Å². The zero-order valence-electron chi connectivity index (χ0n) is 9.00. The van der Waals surface area contributed by atoms with Gasteiger partial charge in [-0.3, -0.25) is 0 Å². The molecule has 14 heavy (non-hydrogen) atoms. The van der Waals surface area contributed by atoms with Gasteiger partial charge in [-0.05, 0) is 37.5 Å². The molecular formula is C11H23NOS.